The molecule has 1 aliphatic rings. The molecule has 1 N–H and O–H groups in total. The number of halogens is 2. The summed E-state index contributed by atoms with van der Waals surface area (Å²) >= 11 is 0. The molecule has 4 nitrogen and oxygen atoms in total. The smallest absolute Gasteiger partial charge is 0.387 e. The lowest BCUT2D eigenvalue weighted by Gasteiger charge is -2.28. The molecule has 1 unspecified atom stereocenters. The van der Waals surface area contributed by atoms with Crippen molar-refractivity contribution in [2.45, 2.75) is 32.0 Å². The normalized spacial score (nSPS) is 15.9. The fourth-order valence-corrected chi connectivity index (χ4v) is 3.55. The highest BCUT2D eigenvalue weighted by Crippen LogP contribution is 2.29. The third kappa shape index (κ3) is 5.40. The van der Waals surface area contributed by atoms with Crippen molar-refractivity contribution in [1.82, 2.24) is 10.2 Å². The van der Waals surface area contributed by atoms with E-state index in [1.54, 1.807) is 12.1 Å². The lowest BCUT2D eigenvalue weighted by Crippen LogP contribution is -2.34. The van der Waals surface area contributed by atoms with Crippen molar-refractivity contribution in [2.75, 3.05) is 26.7 Å². The van der Waals surface area contributed by atoms with Gasteiger partial charge in [0, 0.05) is 19.1 Å². The van der Waals surface area contributed by atoms with Gasteiger partial charge in [0.15, 0.2) is 11.5 Å². The maximum Gasteiger partial charge on any atom is 0.387 e. The highest BCUT2D eigenvalue weighted by Gasteiger charge is 2.23. The van der Waals surface area contributed by atoms with E-state index in [0.717, 1.165) is 25.2 Å². The Kier molecular flexibility index (Phi) is 7.01. The van der Waals surface area contributed by atoms with E-state index in [1.807, 2.05) is 6.07 Å². The van der Waals surface area contributed by atoms with E-state index in [-0.39, 0.29) is 5.75 Å². The topological polar surface area (TPSA) is 33.7 Å². The summed E-state index contributed by atoms with van der Waals surface area (Å²) in [7, 11) is 1.45. The summed E-state index contributed by atoms with van der Waals surface area (Å²) in [5.74, 6) is 0.365. The van der Waals surface area contributed by atoms with Crippen LogP contribution in [0, 0.1) is 0 Å². The monoisotopic (exact) mass is 376 g/mol. The molecule has 0 aromatic heterocycles. The van der Waals surface area contributed by atoms with E-state index < -0.39 is 6.61 Å². The molecule has 0 aliphatic carbocycles. The van der Waals surface area contributed by atoms with Gasteiger partial charge >= 0.3 is 6.61 Å². The minimum atomic E-state index is -2.87. The lowest BCUT2D eigenvalue weighted by molar-refractivity contribution is -0.0512. The summed E-state index contributed by atoms with van der Waals surface area (Å²) in [6, 6.07) is 15.9. The van der Waals surface area contributed by atoms with Gasteiger partial charge in [0.05, 0.1) is 7.11 Å². The van der Waals surface area contributed by atoms with Crippen LogP contribution < -0.4 is 14.8 Å². The van der Waals surface area contributed by atoms with Crippen molar-refractivity contribution in [3.8, 4) is 11.5 Å². The van der Waals surface area contributed by atoms with E-state index in [2.05, 4.69) is 39.2 Å². The quantitative estimate of drug-likeness (QED) is 0.710. The molecule has 146 valence electrons. The minimum absolute atomic E-state index is 0.0514. The van der Waals surface area contributed by atoms with Gasteiger partial charge in [0.1, 0.15) is 0 Å². The second-order valence-corrected chi connectivity index (χ2v) is 6.66. The van der Waals surface area contributed by atoms with Crippen molar-refractivity contribution in [2.24, 2.45) is 0 Å². The molecule has 1 aliphatic heterocycles. The Morgan fingerprint density at radius 2 is 1.78 bits per heavy atom. The molecular weight excluding hydrogens is 350 g/mol. The van der Waals surface area contributed by atoms with Gasteiger partial charge in [0.2, 0.25) is 0 Å². The second kappa shape index (κ2) is 9.67. The third-order valence-corrected chi connectivity index (χ3v) is 4.88. The van der Waals surface area contributed by atoms with Crippen LogP contribution in [0.1, 0.15) is 30.0 Å². The van der Waals surface area contributed by atoms with Gasteiger partial charge in [-0.1, -0.05) is 36.4 Å². The fourth-order valence-electron chi connectivity index (χ4n) is 3.55. The van der Waals surface area contributed by atoms with Crippen LogP contribution in [-0.4, -0.2) is 38.3 Å². The molecule has 2 aromatic carbocycles. The summed E-state index contributed by atoms with van der Waals surface area (Å²) in [6.45, 7) is 0.822. The zero-order valence-corrected chi connectivity index (χ0v) is 15.5. The third-order valence-electron chi connectivity index (χ3n) is 4.88. The predicted octanol–water partition coefficient (Wildman–Crippen LogP) is 4.22. The first-order valence-electron chi connectivity index (χ1n) is 9.29. The Labute approximate surface area is 159 Å². The molecular formula is C21H26F2N2O2. The summed E-state index contributed by atoms with van der Waals surface area (Å²) in [5.41, 5.74) is 2.27. The number of hydrogen-bond acceptors (Lipinski definition) is 4. The molecule has 0 bridgehead atoms. The molecule has 0 amide bonds. The van der Waals surface area contributed by atoms with Gasteiger partial charge in [-0.3, -0.25) is 4.90 Å². The number of nitrogens with one attached hydrogen (secondary N) is 1. The fraction of sp³-hybridized carbons (Fsp3) is 0.429. The second-order valence-electron chi connectivity index (χ2n) is 6.66. The van der Waals surface area contributed by atoms with Gasteiger partial charge in [-0.15, -0.1) is 0 Å². The molecule has 1 heterocycles. The van der Waals surface area contributed by atoms with Crippen LogP contribution in [0.3, 0.4) is 0 Å². The number of alkyl halides is 2. The summed E-state index contributed by atoms with van der Waals surface area (Å²) < 4.78 is 34.5. The van der Waals surface area contributed by atoms with Crippen molar-refractivity contribution >= 4 is 0 Å². The van der Waals surface area contributed by atoms with Gasteiger partial charge in [-0.25, -0.2) is 0 Å². The van der Waals surface area contributed by atoms with Crippen LogP contribution in [-0.2, 0) is 6.54 Å². The van der Waals surface area contributed by atoms with E-state index in [4.69, 9.17) is 4.74 Å². The van der Waals surface area contributed by atoms with Crippen LogP contribution in [0.5, 0.6) is 11.5 Å². The lowest BCUT2D eigenvalue weighted by atomic mass is 10.1. The van der Waals surface area contributed by atoms with Crippen LogP contribution >= 0.6 is 0 Å². The predicted molar refractivity (Wildman–Crippen MR) is 101 cm³/mol. The first-order chi connectivity index (χ1) is 13.2. The number of methoxy groups -OCH3 is 1. The molecule has 1 atom stereocenters. The van der Waals surface area contributed by atoms with Gasteiger partial charge in [0.25, 0.3) is 0 Å². The van der Waals surface area contributed by atoms with Crippen molar-refractivity contribution in [1.29, 1.82) is 0 Å². The Bertz CT molecular complexity index is 707. The Hall–Kier alpha value is -2.18. The van der Waals surface area contributed by atoms with Gasteiger partial charge in [-0.2, -0.15) is 8.78 Å². The average molecular weight is 376 g/mol. The number of benzene rings is 2. The summed E-state index contributed by atoms with van der Waals surface area (Å²) in [4.78, 5) is 2.52. The molecule has 0 spiro atoms. The minimum Gasteiger partial charge on any atom is -0.493 e. The SMILES string of the molecule is COc1cc(CNCC(c2ccccc2)N2CCCC2)ccc1OC(F)F. The molecule has 1 fully saturated rings. The number of rotatable bonds is 9. The largest absolute Gasteiger partial charge is 0.493 e. The Morgan fingerprint density at radius 1 is 1.04 bits per heavy atom. The van der Waals surface area contributed by atoms with E-state index in [0.29, 0.717) is 18.3 Å². The van der Waals surface area contributed by atoms with E-state index in [9.17, 15) is 8.78 Å². The molecule has 1 saturated heterocycles. The molecule has 6 heteroatoms. The first-order valence-corrected chi connectivity index (χ1v) is 9.29. The average Bonchev–Trinajstić information content (AvgIpc) is 3.21. The molecule has 27 heavy (non-hydrogen) atoms. The number of ether oxygens (including phenoxy) is 2. The van der Waals surface area contributed by atoms with Gasteiger partial charge in [-0.05, 0) is 49.2 Å². The standard InChI is InChI=1S/C21H26F2N2O2/c1-26-20-13-16(9-10-19(20)27-21(22)23)14-24-15-18(25-11-5-6-12-25)17-7-3-2-4-8-17/h2-4,7-10,13,18,21,24H,5-6,11-12,14-15H2,1H3. The van der Waals surface area contributed by atoms with Crippen LogP contribution in [0.15, 0.2) is 48.5 Å². The zero-order valence-electron chi connectivity index (χ0n) is 15.5. The van der Waals surface area contributed by atoms with Crippen LogP contribution in [0.25, 0.3) is 0 Å². The van der Waals surface area contributed by atoms with E-state index >= 15 is 0 Å². The van der Waals surface area contributed by atoms with Crippen molar-refractivity contribution in [3.05, 3.63) is 59.7 Å². The Balaban J connectivity index is 1.63. The Morgan fingerprint density at radius 3 is 2.44 bits per heavy atom. The molecule has 2 aromatic rings. The number of likely N-dealkylation sites (tertiary alicyclic amines) is 1. The van der Waals surface area contributed by atoms with E-state index in [1.165, 1.54) is 31.6 Å². The molecule has 0 radical (unpaired) electrons. The highest BCUT2D eigenvalue weighted by molar-refractivity contribution is 5.43. The number of hydrogen-bond donors (Lipinski definition) is 1. The number of nitrogens with zero attached hydrogens (tertiary/aromatic N) is 1. The van der Waals surface area contributed by atoms with Crippen LogP contribution in [0.2, 0.25) is 0 Å². The van der Waals surface area contributed by atoms with Gasteiger partial charge < -0.3 is 14.8 Å². The summed E-state index contributed by atoms with van der Waals surface area (Å²) in [5, 5.41) is 3.50. The maximum absolute atomic E-state index is 12.4. The zero-order chi connectivity index (χ0) is 19.1. The highest BCUT2D eigenvalue weighted by atomic mass is 19.3. The first kappa shape index (κ1) is 19.6. The van der Waals surface area contributed by atoms with Crippen LogP contribution in [0.4, 0.5) is 8.78 Å². The molecule has 3 rings (SSSR count). The molecule has 0 saturated carbocycles. The summed E-state index contributed by atoms with van der Waals surface area (Å²) in [6.07, 6.45) is 2.48. The van der Waals surface area contributed by atoms with Crippen molar-refractivity contribution < 1.29 is 18.3 Å². The van der Waals surface area contributed by atoms with Crippen molar-refractivity contribution in [3.63, 3.8) is 0 Å². The maximum atomic E-state index is 12.4.